The molecule has 4 rings (SSSR count). The van der Waals surface area contributed by atoms with Gasteiger partial charge in [0.15, 0.2) is 5.78 Å². The molecule has 2 aromatic carbocycles. The molecule has 0 saturated heterocycles. The topological polar surface area (TPSA) is 64.0 Å². The second-order valence-electron chi connectivity index (χ2n) is 6.96. The van der Waals surface area contributed by atoms with E-state index in [0.717, 1.165) is 12.0 Å². The number of Topliss-reactive ketones (excluding diaryl/α,β-unsaturated/α-hetero) is 1. The number of rotatable bonds is 4. The molecular formula is C22H20FN3O2. The Bertz CT molecular complexity index is 1050. The quantitative estimate of drug-likeness (QED) is 0.694. The van der Waals surface area contributed by atoms with Crippen molar-refractivity contribution in [3.63, 3.8) is 0 Å². The highest BCUT2D eigenvalue weighted by Crippen LogP contribution is 2.38. The first-order valence-corrected chi connectivity index (χ1v) is 9.26. The Hall–Kier alpha value is -3.28. The van der Waals surface area contributed by atoms with Gasteiger partial charge in [0.2, 0.25) is 5.91 Å². The highest BCUT2D eigenvalue weighted by Gasteiger charge is 2.36. The summed E-state index contributed by atoms with van der Waals surface area (Å²) in [7, 11) is 0. The van der Waals surface area contributed by atoms with Gasteiger partial charge in [-0.15, -0.1) is 0 Å². The summed E-state index contributed by atoms with van der Waals surface area (Å²) in [5.74, 6) is -0.803. The average molecular weight is 377 g/mol. The Kier molecular flexibility index (Phi) is 4.55. The fourth-order valence-electron chi connectivity index (χ4n) is 3.65. The number of aryl methyl sites for hydroxylation is 2. The Balaban J connectivity index is 1.77. The zero-order valence-corrected chi connectivity index (χ0v) is 15.7. The number of benzene rings is 2. The summed E-state index contributed by atoms with van der Waals surface area (Å²) in [6.45, 7) is 3.87. The van der Waals surface area contributed by atoms with Crippen molar-refractivity contribution in [1.82, 2.24) is 9.78 Å². The van der Waals surface area contributed by atoms with Crippen molar-refractivity contribution in [3.05, 3.63) is 76.7 Å². The number of carbonyl (C=O) groups excluding carboxylic acids is 2. The number of nitrogens with one attached hydrogen (secondary N) is 1. The van der Waals surface area contributed by atoms with Crippen molar-refractivity contribution in [3.8, 4) is 5.69 Å². The van der Waals surface area contributed by atoms with Crippen LogP contribution in [0, 0.1) is 12.7 Å². The lowest BCUT2D eigenvalue weighted by Gasteiger charge is -2.23. The molecule has 6 heteroatoms. The summed E-state index contributed by atoms with van der Waals surface area (Å²) < 4.78 is 14.8. The minimum Gasteiger partial charge on any atom is -0.310 e. The molecule has 0 spiro atoms. The maximum Gasteiger partial charge on any atom is 0.226 e. The van der Waals surface area contributed by atoms with Crippen LogP contribution in [0.15, 0.2) is 48.5 Å². The van der Waals surface area contributed by atoms with Crippen LogP contribution in [-0.2, 0) is 11.2 Å². The maximum absolute atomic E-state index is 13.3. The Morgan fingerprint density at radius 3 is 2.50 bits per heavy atom. The molecule has 1 aliphatic rings. The van der Waals surface area contributed by atoms with E-state index in [4.69, 9.17) is 0 Å². The van der Waals surface area contributed by atoms with Gasteiger partial charge in [-0.3, -0.25) is 9.59 Å². The number of halogens is 1. The molecule has 0 bridgehead atoms. The first-order valence-electron chi connectivity index (χ1n) is 9.26. The molecule has 1 amide bonds. The smallest absolute Gasteiger partial charge is 0.226 e. The zero-order valence-electron chi connectivity index (χ0n) is 15.7. The lowest BCUT2D eigenvalue weighted by Crippen LogP contribution is -2.28. The lowest BCUT2D eigenvalue weighted by atomic mass is 9.85. The van der Waals surface area contributed by atoms with Crippen molar-refractivity contribution in [1.29, 1.82) is 0 Å². The van der Waals surface area contributed by atoms with E-state index >= 15 is 0 Å². The van der Waals surface area contributed by atoms with Crippen molar-refractivity contribution < 1.29 is 14.0 Å². The number of carbonyl (C=O) groups is 2. The van der Waals surface area contributed by atoms with Crippen LogP contribution in [0.4, 0.5) is 10.2 Å². The Labute approximate surface area is 162 Å². The number of anilines is 1. The number of aromatic nitrogens is 2. The van der Waals surface area contributed by atoms with Crippen LogP contribution in [0.3, 0.4) is 0 Å². The number of hydrogen-bond donors (Lipinski definition) is 1. The van der Waals surface area contributed by atoms with Crippen LogP contribution in [0.5, 0.6) is 0 Å². The van der Waals surface area contributed by atoms with Crippen LogP contribution in [0.2, 0.25) is 0 Å². The second kappa shape index (κ2) is 7.03. The fraction of sp³-hybridized carbons (Fsp3) is 0.227. The van der Waals surface area contributed by atoms with Crippen LogP contribution in [0.25, 0.3) is 5.69 Å². The van der Waals surface area contributed by atoms with Gasteiger partial charge in [-0.05, 0) is 43.2 Å². The normalized spacial score (nSPS) is 15.8. The van der Waals surface area contributed by atoms with Gasteiger partial charge in [-0.2, -0.15) is 5.10 Å². The summed E-state index contributed by atoms with van der Waals surface area (Å²) in [5, 5.41) is 7.34. The fourth-order valence-corrected chi connectivity index (χ4v) is 3.65. The van der Waals surface area contributed by atoms with E-state index in [1.54, 1.807) is 16.8 Å². The highest BCUT2D eigenvalue weighted by molar-refractivity contribution is 6.08. The third kappa shape index (κ3) is 3.11. The summed E-state index contributed by atoms with van der Waals surface area (Å²) in [4.78, 5) is 25.5. The minimum absolute atomic E-state index is 0.0807. The summed E-state index contributed by atoms with van der Waals surface area (Å²) in [6, 6.07) is 13.3. The van der Waals surface area contributed by atoms with Crippen LogP contribution in [0.1, 0.15) is 46.4 Å². The minimum atomic E-state index is -0.592. The Morgan fingerprint density at radius 2 is 1.86 bits per heavy atom. The van der Waals surface area contributed by atoms with E-state index in [0.29, 0.717) is 28.3 Å². The molecule has 28 heavy (non-hydrogen) atoms. The van der Waals surface area contributed by atoms with Gasteiger partial charge in [0, 0.05) is 17.5 Å². The van der Waals surface area contributed by atoms with E-state index < -0.39 is 5.92 Å². The van der Waals surface area contributed by atoms with E-state index in [-0.39, 0.29) is 23.9 Å². The summed E-state index contributed by atoms with van der Waals surface area (Å²) in [5.41, 5.74) is 3.73. The predicted octanol–water partition coefficient (Wildman–Crippen LogP) is 4.19. The van der Waals surface area contributed by atoms with E-state index in [9.17, 15) is 14.0 Å². The molecule has 5 nitrogen and oxygen atoms in total. The van der Waals surface area contributed by atoms with Gasteiger partial charge in [-0.25, -0.2) is 9.07 Å². The molecule has 142 valence electrons. The van der Waals surface area contributed by atoms with Gasteiger partial charge in [0.05, 0.1) is 17.3 Å². The number of fused-ring (bicyclic) bond motifs is 1. The molecule has 2 heterocycles. The maximum atomic E-state index is 13.3. The molecule has 1 aromatic heterocycles. The predicted molar refractivity (Wildman–Crippen MR) is 104 cm³/mol. The third-order valence-corrected chi connectivity index (χ3v) is 5.14. The standard InChI is InChI=1S/C22H20FN3O2/c1-3-14-4-6-15(7-5-14)21(28)18-12-19(27)24-22-20(18)13(2)25-26(22)17-10-8-16(23)9-11-17/h4-11,18H,3,12H2,1-2H3,(H,24,27). The molecule has 0 aliphatic carbocycles. The molecule has 0 saturated carbocycles. The van der Waals surface area contributed by atoms with Gasteiger partial charge >= 0.3 is 0 Å². The van der Waals surface area contributed by atoms with Gasteiger partial charge in [-0.1, -0.05) is 31.2 Å². The zero-order chi connectivity index (χ0) is 19.8. The molecule has 1 aliphatic heterocycles. The van der Waals surface area contributed by atoms with E-state index in [2.05, 4.69) is 17.3 Å². The van der Waals surface area contributed by atoms with Gasteiger partial charge in [0.25, 0.3) is 0 Å². The monoisotopic (exact) mass is 377 g/mol. The number of nitrogens with zero attached hydrogens (tertiary/aromatic N) is 2. The molecule has 0 fully saturated rings. The summed E-state index contributed by atoms with van der Waals surface area (Å²) >= 11 is 0. The van der Waals surface area contributed by atoms with Crippen molar-refractivity contribution >= 4 is 17.5 Å². The van der Waals surface area contributed by atoms with Gasteiger partial charge in [0.1, 0.15) is 11.6 Å². The average Bonchev–Trinajstić information content (AvgIpc) is 3.03. The SMILES string of the molecule is CCc1ccc(C(=O)C2CC(=O)Nc3c2c(C)nn3-c2ccc(F)cc2)cc1. The van der Waals surface area contributed by atoms with Crippen LogP contribution >= 0.6 is 0 Å². The first-order chi connectivity index (χ1) is 13.5. The largest absolute Gasteiger partial charge is 0.310 e. The lowest BCUT2D eigenvalue weighted by molar-refractivity contribution is -0.116. The first kappa shape index (κ1) is 18.1. The third-order valence-electron chi connectivity index (χ3n) is 5.14. The van der Waals surface area contributed by atoms with Gasteiger partial charge < -0.3 is 5.32 Å². The molecule has 1 N–H and O–H groups in total. The number of hydrogen-bond acceptors (Lipinski definition) is 3. The van der Waals surface area contributed by atoms with Crippen molar-refractivity contribution in [2.45, 2.75) is 32.6 Å². The highest BCUT2D eigenvalue weighted by atomic mass is 19.1. The number of amides is 1. The molecule has 0 radical (unpaired) electrons. The molecule has 3 aromatic rings. The second-order valence-corrected chi connectivity index (χ2v) is 6.96. The molecule has 1 atom stereocenters. The van der Waals surface area contributed by atoms with Crippen LogP contribution in [-0.4, -0.2) is 21.5 Å². The molecular weight excluding hydrogens is 357 g/mol. The van der Waals surface area contributed by atoms with E-state index in [1.807, 2.05) is 31.2 Å². The summed E-state index contributed by atoms with van der Waals surface area (Å²) in [6.07, 6.45) is 0.977. The van der Waals surface area contributed by atoms with E-state index in [1.165, 1.54) is 12.1 Å². The number of ketones is 1. The van der Waals surface area contributed by atoms with Crippen molar-refractivity contribution in [2.24, 2.45) is 0 Å². The molecule has 1 unspecified atom stereocenters. The van der Waals surface area contributed by atoms with Crippen LogP contribution < -0.4 is 5.32 Å². The van der Waals surface area contributed by atoms with Crippen molar-refractivity contribution in [2.75, 3.05) is 5.32 Å². The Morgan fingerprint density at radius 1 is 1.18 bits per heavy atom.